The van der Waals surface area contributed by atoms with Crippen molar-refractivity contribution in [3.05, 3.63) is 60.2 Å². The molecule has 0 saturated heterocycles. The molecule has 2 aromatic rings. The number of hydrogen-bond acceptors (Lipinski definition) is 3. The molecule has 0 bridgehead atoms. The van der Waals surface area contributed by atoms with Crippen LogP contribution in [0.4, 0.5) is 0 Å². The number of carbonyl (C=O) groups excluding carboxylic acids is 1. The number of hydrogen-bond donors (Lipinski definition) is 2. The van der Waals surface area contributed by atoms with Crippen LogP contribution in [0, 0.1) is 5.92 Å². The summed E-state index contributed by atoms with van der Waals surface area (Å²) < 4.78 is 5.74. The summed E-state index contributed by atoms with van der Waals surface area (Å²) in [6, 6.07) is 16.7. The fourth-order valence-corrected chi connectivity index (χ4v) is 2.33. The third kappa shape index (κ3) is 3.86. The quantitative estimate of drug-likeness (QED) is 0.861. The zero-order valence-electron chi connectivity index (χ0n) is 12.4. The van der Waals surface area contributed by atoms with Gasteiger partial charge in [-0.2, -0.15) is 0 Å². The highest BCUT2D eigenvalue weighted by molar-refractivity contribution is 5.94. The lowest BCUT2D eigenvalue weighted by atomic mass is 10.1. The monoisotopic (exact) mass is 296 g/mol. The number of rotatable bonds is 6. The van der Waals surface area contributed by atoms with E-state index >= 15 is 0 Å². The van der Waals surface area contributed by atoms with Crippen LogP contribution in [0.15, 0.2) is 54.6 Å². The summed E-state index contributed by atoms with van der Waals surface area (Å²) in [6.45, 7) is 0.521. The normalized spacial score (nSPS) is 15.1. The average molecular weight is 296 g/mol. The van der Waals surface area contributed by atoms with Crippen LogP contribution >= 0.6 is 0 Å². The molecule has 114 valence electrons. The lowest BCUT2D eigenvalue weighted by molar-refractivity contribution is 0.0950. The Hall–Kier alpha value is -2.33. The SMILES string of the molecule is NC(CNC(=O)c1cccc(Oc2ccccc2)c1)C1CC1. The van der Waals surface area contributed by atoms with Crippen LogP contribution in [0.5, 0.6) is 11.5 Å². The van der Waals surface area contributed by atoms with Crippen LogP contribution in [-0.2, 0) is 0 Å². The summed E-state index contributed by atoms with van der Waals surface area (Å²) in [5.74, 6) is 1.85. The van der Waals surface area contributed by atoms with Crippen LogP contribution in [0.1, 0.15) is 23.2 Å². The molecule has 1 aliphatic carbocycles. The highest BCUT2D eigenvalue weighted by atomic mass is 16.5. The maximum absolute atomic E-state index is 12.2. The molecule has 1 aliphatic rings. The van der Waals surface area contributed by atoms with Gasteiger partial charge in [-0.1, -0.05) is 24.3 Å². The van der Waals surface area contributed by atoms with Gasteiger partial charge in [-0.15, -0.1) is 0 Å². The van der Waals surface area contributed by atoms with Gasteiger partial charge < -0.3 is 15.8 Å². The summed E-state index contributed by atoms with van der Waals surface area (Å²) >= 11 is 0. The molecule has 4 heteroatoms. The van der Waals surface area contributed by atoms with E-state index in [2.05, 4.69) is 5.32 Å². The minimum absolute atomic E-state index is 0.0627. The number of nitrogens with two attached hydrogens (primary N) is 1. The van der Waals surface area contributed by atoms with E-state index in [9.17, 15) is 4.79 Å². The first-order chi connectivity index (χ1) is 10.7. The maximum Gasteiger partial charge on any atom is 0.251 e. The van der Waals surface area contributed by atoms with Gasteiger partial charge in [0.1, 0.15) is 11.5 Å². The van der Waals surface area contributed by atoms with Gasteiger partial charge in [0.05, 0.1) is 0 Å². The molecule has 3 rings (SSSR count). The van der Waals surface area contributed by atoms with E-state index in [4.69, 9.17) is 10.5 Å². The van der Waals surface area contributed by atoms with Gasteiger partial charge in [0.2, 0.25) is 0 Å². The van der Waals surface area contributed by atoms with Crippen molar-refractivity contribution in [2.45, 2.75) is 18.9 Å². The van der Waals surface area contributed by atoms with Crippen molar-refractivity contribution in [3.63, 3.8) is 0 Å². The molecule has 1 fully saturated rings. The zero-order chi connectivity index (χ0) is 15.4. The molecule has 1 unspecified atom stereocenters. The Morgan fingerprint density at radius 1 is 1.14 bits per heavy atom. The van der Waals surface area contributed by atoms with E-state index in [1.807, 2.05) is 42.5 Å². The molecule has 1 saturated carbocycles. The fraction of sp³-hybridized carbons (Fsp3) is 0.278. The Morgan fingerprint density at radius 3 is 2.59 bits per heavy atom. The number of ether oxygens (including phenoxy) is 1. The number of nitrogens with one attached hydrogen (secondary N) is 1. The molecule has 1 amide bonds. The molecular formula is C18H20N2O2. The van der Waals surface area contributed by atoms with Gasteiger partial charge in [0.15, 0.2) is 0 Å². The first-order valence-corrected chi connectivity index (χ1v) is 7.59. The standard InChI is InChI=1S/C18H20N2O2/c19-17(13-9-10-13)12-20-18(21)14-5-4-8-16(11-14)22-15-6-2-1-3-7-15/h1-8,11,13,17H,9-10,12,19H2,(H,20,21). The van der Waals surface area contributed by atoms with Crippen molar-refractivity contribution in [3.8, 4) is 11.5 Å². The summed E-state index contributed by atoms with van der Waals surface area (Å²) in [6.07, 6.45) is 2.36. The van der Waals surface area contributed by atoms with Gasteiger partial charge in [0, 0.05) is 18.2 Å². The molecule has 4 nitrogen and oxygen atoms in total. The second-order valence-corrected chi connectivity index (χ2v) is 5.65. The predicted molar refractivity (Wildman–Crippen MR) is 86.0 cm³/mol. The molecule has 2 aromatic carbocycles. The average Bonchev–Trinajstić information content (AvgIpc) is 3.38. The third-order valence-electron chi connectivity index (χ3n) is 3.80. The van der Waals surface area contributed by atoms with Crippen molar-refractivity contribution < 1.29 is 9.53 Å². The molecule has 0 aromatic heterocycles. The molecule has 22 heavy (non-hydrogen) atoms. The van der Waals surface area contributed by atoms with Gasteiger partial charge in [-0.05, 0) is 49.1 Å². The van der Waals surface area contributed by atoms with E-state index in [0.29, 0.717) is 23.8 Å². The Morgan fingerprint density at radius 2 is 1.86 bits per heavy atom. The number of para-hydroxylation sites is 1. The smallest absolute Gasteiger partial charge is 0.251 e. The van der Waals surface area contributed by atoms with Gasteiger partial charge >= 0.3 is 0 Å². The fourth-order valence-electron chi connectivity index (χ4n) is 2.33. The maximum atomic E-state index is 12.2. The predicted octanol–water partition coefficient (Wildman–Crippen LogP) is 2.95. The van der Waals surface area contributed by atoms with Gasteiger partial charge in [0.25, 0.3) is 5.91 Å². The van der Waals surface area contributed by atoms with Crippen LogP contribution in [-0.4, -0.2) is 18.5 Å². The highest BCUT2D eigenvalue weighted by Crippen LogP contribution is 2.31. The van der Waals surface area contributed by atoms with Crippen molar-refractivity contribution >= 4 is 5.91 Å². The van der Waals surface area contributed by atoms with Gasteiger partial charge in [-0.3, -0.25) is 4.79 Å². The van der Waals surface area contributed by atoms with E-state index < -0.39 is 0 Å². The Balaban J connectivity index is 1.61. The highest BCUT2D eigenvalue weighted by Gasteiger charge is 2.28. The molecule has 0 radical (unpaired) electrons. The van der Waals surface area contributed by atoms with Gasteiger partial charge in [-0.25, -0.2) is 0 Å². The van der Waals surface area contributed by atoms with E-state index in [1.165, 1.54) is 12.8 Å². The summed E-state index contributed by atoms with van der Waals surface area (Å²) in [5.41, 5.74) is 6.58. The second kappa shape index (κ2) is 6.62. The Bertz CT molecular complexity index is 639. The first-order valence-electron chi connectivity index (χ1n) is 7.59. The molecular weight excluding hydrogens is 276 g/mol. The molecule has 0 spiro atoms. The second-order valence-electron chi connectivity index (χ2n) is 5.65. The largest absolute Gasteiger partial charge is 0.457 e. The minimum atomic E-state index is -0.116. The zero-order valence-corrected chi connectivity index (χ0v) is 12.4. The molecule has 1 atom stereocenters. The lowest BCUT2D eigenvalue weighted by Gasteiger charge is -2.12. The Kier molecular flexibility index (Phi) is 4.39. The molecule has 0 heterocycles. The summed E-state index contributed by atoms with van der Waals surface area (Å²) in [5, 5.41) is 2.89. The van der Waals surface area contributed by atoms with Crippen LogP contribution in [0.3, 0.4) is 0 Å². The van der Waals surface area contributed by atoms with E-state index in [1.54, 1.807) is 12.1 Å². The summed E-state index contributed by atoms with van der Waals surface area (Å²) in [7, 11) is 0. The first kappa shape index (κ1) is 14.6. The van der Waals surface area contributed by atoms with Crippen LogP contribution < -0.4 is 15.8 Å². The summed E-state index contributed by atoms with van der Waals surface area (Å²) in [4.78, 5) is 12.2. The third-order valence-corrected chi connectivity index (χ3v) is 3.80. The minimum Gasteiger partial charge on any atom is -0.457 e. The molecule has 0 aliphatic heterocycles. The number of amides is 1. The van der Waals surface area contributed by atoms with Crippen LogP contribution in [0.2, 0.25) is 0 Å². The topological polar surface area (TPSA) is 64.3 Å². The van der Waals surface area contributed by atoms with E-state index in [0.717, 1.165) is 5.75 Å². The Labute approximate surface area is 130 Å². The number of benzene rings is 2. The van der Waals surface area contributed by atoms with Crippen molar-refractivity contribution in [1.82, 2.24) is 5.32 Å². The number of carbonyl (C=O) groups is 1. The van der Waals surface area contributed by atoms with Crippen molar-refractivity contribution in [2.24, 2.45) is 11.7 Å². The lowest BCUT2D eigenvalue weighted by Crippen LogP contribution is -2.38. The van der Waals surface area contributed by atoms with Crippen molar-refractivity contribution in [1.29, 1.82) is 0 Å². The van der Waals surface area contributed by atoms with Crippen molar-refractivity contribution in [2.75, 3.05) is 6.54 Å². The molecule has 3 N–H and O–H groups in total. The van der Waals surface area contributed by atoms with Crippen LogP contribution in [0.25, 0.3) is 0 Å². The van der Waals surface area contributed by atoms with E-state index in [-0.39, 0.29) is 11.9 Å².